The van der Waals surface area contributed by atoms with Gasteiger partial charge in [-0.15, -0.1) is 0 Å². The maximum Gasteiger partial charge on any atom is 0.323 e. The van der Waals surface area contributed by atoms with Crippen molar-refractivity contribution in [2.75, 3.05) is 49.8 Å². The maximum absolute atomic E-state index is 13.7. The number of carbonyl (C=O) groups excluding carboxylic acids is 3. The number of para-hydroxylation sites is 1. The molecule has 0 spiro atoms. The van der Waals surface area contributed by atoms with Crippen molar-refractivity contribution < 1.29 is 33.5 Å². The van der Waals surface area contributed by atoms with Crippen molar-refractivity contribution in [1.82, 2.24) is 15.0 Å². The topological polar surface area (TPSA) is 158 Å². The van der Waals surface area contributed by atoms with Crippen molar-refractivity contribution in [3.05, 3.63) is 59.5 Å². The maximum atomic E-state index is 13.7. The van der Waals surface area contributed by atoms with E-state index >= 15 is 0 Å². The molecule has 1 aliphatic heterocycles. The highest BCUT2D eigenvalue weighted by Crippen LogP contribution is 2.35. The molecule has 4 N–H and O–H groups in total. The second kappa shape index (κ2) is 13.5. The molecule has 0 saturated heterocycles. The number of hydrogen-bond acceptors (Lipinski definition) is 8. The number of ether oxygens (including phenoxy) is 2. The molecule has 230 valence electrons. The summed E-state index contributed by atoms with van der Waals surface area (Å²) in [6, 6.07) is 10.4. The van der Waals surface area contributed by atoms with Gasteiger partial charge in [0.2, 0.25) is 0 Å². The van der Waals surface area contributed by atoms with E-state index in [1.54, 1.807) is 82.3 Å². The second-order valence-corrected chi connectivity index (χ2v) is 10.6. The predicted octanol–water partition coefficient (Wildman–Crippen LogP) is 4.33. The van der Waals surface area contributed by atoms with Crippen LogP contribution in [0.4, 0.5) is 26.7 Å². The smallest absolute Gasteiger partial charge is 0.323 e. The van der Waals surface area contributed by atoms with Gasteiger partial charge in [0.15, 0.2) is 11.5 Å². The van der Waals surface area contributed by atoms with Crippen LogP contribution in [-0.4, -0.2) is 84.0 Å². The fraction of sp³-hybridized carbons (Fsp3) is 0.400. The molecule has 2 heterocycles. The summed E-state index contributed by atoms with van der Waals surface area (Å²) < 4.78 is 16.8. The number of aromatic nitrogens is 1. The summed E-state index contributed by atoms with van der Waals surface area (Å²) in [6.45, 7) is 7.27. The summed E-state index contributed by atoms with van der Waals surface area (Å²) in [5.41, 5.74) is 2.03. The summed E-state index contributed by atoms with van der Waals surface area (Å²) in [5, 5.41) is 22.1. The number of hydrogen-bond donors (Lipinski definition) is 4. The number of urea groups is 2. The molecule has 0 unspecified atom stereocenters. The highest BCUT2D eigenvalue weighted by Gasteiger charge is 2.35. The number of nitrogens with zero attached hydrogens (tertiary/aromatic N) is 3. The third-order valence-corrected chi connectivity index (χ3v) is 7.35. The average molecular weight is 595 g/mol. The van der Waals surface area contributed by atoms with E-state index < -0.39 is 18.2 Å². The van der Waals surface area contributed by atoms with E-state index in [0.717, 1.165) is 0 Å². The van der Waals surface area contributed by atoms with Gasteiger partial charge in [0.25, 0.3) is 5.91 Å². The first kappa shape index (κ1) is 31.2. The minimum Gasteiger partial charge on any atom is -0.497 e. The molecule has 1 aromatic heterocycles. The van der Waals surface area contributed by atoms with Gasteiger partial charge >= 0.3 is 12.1 Å². The van der Waals surface area contributed by atoms with Crippen LogP contribution in [0.2, 0.25) is 0 Å². The molecule has 13 heteroatoms. The van der Waals surface area contributed by atoms with Crippen LogP contribution in [0.15, 0.2) is 47.0 Å². The third kappa shape index (κ3) is 7.17. The number of methoxy groups -OCH3 is 1. The largest absolute Gasteiger partial charge is 0.497 e. The van der Waals surface area contributed by atoms with E-state index in [4.69, 9.17) is 14.0 Å². The summed E-state index contributed by atoms with van der Waals surface area (Å²) >= 11 is 0. The lowest BCUT2D eigenvalue weighted by atomic mass is 9.99. The van der Waals surface area contributed by atoms with E-state index in [2.05, 4.69) is 21.1 Å². The fourth-order valence-electron chi connectivity index (χ4n) is 4.73. The van der Waals surface area contributed by atoms with Crippen LogP contribution in [0.1, 0.15) is 35.7 Å². The summed E-state index contributed by atoms with van der Waals surface area (Å²) in [7, 11) is 3.22. The molecule has 43 heavy (non-hydrogen) atoms. The molecule has 2 aromatic carbocycles. The van der Waals surface area contributed by atoms with Crippen molar-refractivity contribution >= 4 is 35.0 Å². The monoisotopic (exact) mass is 594 g/mol. The lowest BCUT2D eigenvalue weighted by Gasteiger charge is -2.38. The first-order valence-electron chi connectivity index (χ1n) is 13.9. The fourth-order valence-corrected chi connectivity index (χ4v) is 4.73. The molecule has 0 bridgehead atoms. The van der Waals surface area contributed by atoms with Crippen molar-refractivity contribution in [3.63, 3.8) is 0 Å². The Morgan fingerprint density at radius 3 is 2.51 bits per heavy atom. The van der Waals surface area contributed by atoms with Crippen LogP contribution in [0.5, 0.6) is 11.5 Å². The minimum absolute atomic E-state index is 0.164. The zero-order valence-electron chi connectivity index (χ0n) is 25.1. The number of fused-ring (bicyclic) bond motifs is 1. The van der Waals surface area contributed by atoms with Gasteiger partial charge in [0.1, 0.15) is 23.2 Å². The summed E-state index contributed by atoms with van der Waals surface area (Å²) in [6.07, 6.45) is -0.583. The number of aryl methyl sites for hydroxylation is 2. The van der Waals surface area contributed by atoms with Gasteiger partial charge in [-0.3, -0.25) is 4.79 Å². The molecule has 0 radical (unpaired) electrons. The van der Waals surface area contributed by atoms with Crippen molar-refractivity contribution in [1.29, 1.82) is 0 Å². The van der Waals surface area contributed by atoms with Gasteiger partial charge < -0.3 is 44.9 Å². The predicted molar refractivity (Wildman–Crippen MR) is 161 cm³/mol. The Kier molecular flexibility index (Phi) is 9.76. The van der Waals surface area contributed by atoms with Crippen LogP contribution in [0.3, 0.4) is 0 Å². The van der Waals surface area contributed by atoms with Gasteiger partial charge in [-0.1, -0.05) is 18.1 Å². The number of anilines is 3. The number of likely N-dealkylation sites (N-methyl/N-ethyl adjacent to an activating group) is 1. The van der Waals surface area contributed by atoms with E-state index in [1.165, 1.54) is 4.90 Å². The molecule has 4 rings (SSSR count). The molecule has 3 atom stereocenters. The van der Waals surface area contributed by atoms with E-state index in [0.29, 0.717) is 28.6 Å². The van der Waals surface area contributed by atoms with Crippen molar-refractivity contribution in [2.45, 2.75) is 39.8 Å². The molecular formula is C30H38N6O7. The van der Waals surface area contributed by atoms with Crippen molar-refractivity contribution in [2.24, 2.45) is 5.92 Å². The molecule has 0 aliphatic carbocycles. The number of benzene rings is 2. The zero-order valence-corrected chi connectivity index (χ0v) is 25.1. The number of aliphatic hydroxyl groups excluding tert-OH is 1. The third-order valence-electron chi connectivity index (χ3n) is 7.35. The van der Waals surface area contributed by atoms with Gasteiger partial charge in [-0.25, -0.2) is 9.59 Å². The van der Waals surface area contributed by atoms with Gasteiger partial charge in [-0.2, -0.15) is 0 Å². The minimum atomic E-state index is -0.583. The van der Waals surface area contributed by atoms with E-state index in [9.17, 15) is 19.5 Å². The Morgan fingerprint density at radius 1 is 1.16 bits per heavy atom. The van der Waals surface area contributed by atoms with Crippen LogP contribution in [0.25, 0.3) is 0 Å². The number of nitrogens with one attached hydrogen (secondary N) is 3. The van der Waals surface area contributed by atoms with Crippen molar-refractivity contribution in [3.8, 4) is 11.5 Å². The number of amides is 5. The molecule has 0 fully saturated rings. The summed E-state index contributed by atoms with van der Waals surface area (Å²) in [5.74, 6) is 0.675. The number of aliphatic hydroxyl groups is 1. The van der Waals surface area contributed by atoms with Gasteiger partial charge in [0, 0.05) is 25.2 Å². The molecular weight excluding hydrogens is 556 g/mol. The molecule has 0 saturated carbocycles. The first-order chi connectivity index (χ1) is 20.5. The SMILES string of the molecule is COc1ccc(NC(=O)N(C)C[C@@H]2Oc3c(NC(=O)Nc4c(C)noc4C)cccc3C(=O)N([C@@H](C)CO)C[C@H]2C)cc1. The average Bonchev–Trinajstić information content (AvgIpc) is 3.31. The first-order valence-corrected chi connectivity index (χ1v) is 13.9. The zero-order chi connectivity index (χ0) is 31.3. The Labute approximate surface area is 250 Å². The molecule has 3 aromatic rings. The normalized spacial score (nSPS) is 17.1. The van der Waals surface area contributed by atoms with E-state index in [-0.39, 0.29) is 54.6 Å². The van der Waals surface area contributed by atoms with Gasteiger partial charge in [0.05, 0.1) is 37.6 Å². The Morgan fingerprint density at radius 2 is 1.88 bits per heavy atom. The Balaban J connectivity index is 1.61. The second-order valence-electron chi connectivity index (χ2n) is 10.6. The molecule has 5 amide bonds. The van der Waals surface area contributed by atoms with Crippen LogP contribution in [0, 0.1) is 19.8 Å². The van der Waals surface area contributed by atoms with Gasteiger partial charge in [-0.05, 0) is 57.2 Å². The standard InChI is InChI=1S/C30H38N6O7/c1-17-14-36(18(2)16-37)28(38)23-8-7-9-24(32-29(39)33-26-19(3)34-43-20(26)4)27(23)42-25(17)15-35(5)30(40)31-21-10-12-22(41-6)13-11-21/h7-13,17-18,25,37H,14-16H2,1-6H3,(H,31,40)(H2,32,33,39)/t17-,18+,25+/m1/s1. The van der Waals surface area contributed by atoms with E-state index in [1.807, 2.05) is 6.92 Å². The Bertz CT molecular complexity index is 1440. The number of carbonyl (C=O) groups is 3. The molecule has 1 aliphatic rings. The van der Waals surface area contributed by atoms with Crippen LogP contribution >= 0.6 is 0 Å². The highest BCUT2D eigenvalue weighted by molar-refractivity contribution is 6.04. The summed E-state index contributed by atoms with van der Waals surface area (Å²) in [4.78, 5) is 42.9. The lowest BCUT2D eigenvalue weighted by molar-refractivity contribution is 0.0373. The number of rotatable bonds is 8. The quantitative estimate of drug-likeness (QED) is 0.300. The lowest BCUT2D eigenvalue weighted by Crippen LogP contribution is -2.50. The molecule has 13 nitrogen and oxygen atoms in total. The Hall–Kier alpha value is -4.78. The highest BCUT2D eigenvalue weighted by atomic mass is 16.5. The van der Waals surface area contributed by atoms with Crippen LogP contribution < -0.4 is 25.4 Å². The van der Waals surface area contributed by atoms with Crippen LogP contribution in [-0.2, 0) is 0 Å².